The minimum Gasteiger partial charge on any atom is -0.455 e. The molecular formula is C18H20N2O3S. The maximum Gasteiger partial charge on any atom is 0.290 e. The number of rotatable bonds is 4. The van der Waals surface area contributed by atoms with Crippen LogP contribution in [0.5, 0.6) is 0 Å². The van der Waals surface area contributed by atoms with Gasteiger partial charge in [0.2, 0.25) is 5.91 Å². The fourth-order valence-electron chi connectivity index (χ4n) is 2.71. The molecule has 5 nitrogen and oxygen atoms in total. The Kier molecular flexibility index (Phi) is 4.94. The molecule has 0 unspecified atom stereocenters. The molecule has 0 radical (unpaired) electrons. The molecular weight excluding hydrogens is 324 g/mol. The number of amides is 2. The predicted octanol–water partition coefficient (Wildman–Crippen LogP) is 2.94. The second-order valence-electron chi connectivity index (χ2n) is 5.81. The summed E-state index contributed by atoms with van der Waals surface area (Å²) in [4.78, 5) is 28.2. The largest absolute Gasteiger partial charge is 0.455 e. The first-order valence-corrected chi connectivity index (χ1v) is 9.22. The molecule has 0 spiro atoms. The molecule has 1 saturated heterocycles. The number of carbonyl (C=O) groups is 2. The van der Waals surface area contributed by atoms with E-state index in [4.69, 9.17) is 4.42 Å². The van der Waals surface area contributed by atoms with E-state index < -0.39 is 0 Å². The van der Waals surface area contributed by atoms with Gasteiger partial charge in [-0.1, -0.05) is 17.7 Å². The maximum absolute atomic E-state index is 12.5. The second-order valence-corrected chi connectivity index (χ2v) is 6.67. The molecule has 126 valence electrons. The van der Waals surface area contributed by atoms with Gasteiger partial charge in [0.05, 0.1) is 5.75 Å². The van der Waals surface area contributed by atoms with Gasteiger partial charge in [-0.15, -0.1) is 0 Å². The van der Waals surface area contributed by atoms with Crippen LogP contribution in [0.2, 0.25) is 0 Å². The van der Waals surface area contributed by atoms with E-state index in [1.54, 1.807) is 27.6 Å². The van der Waals surface area contributed by atoms with E-state index in [9.17, 15) is 9.59 Å². The lowest BCUT2D eigenvalue weighted by Crippen LogP contribution is -2.52. The van der Waals surface area contributed by atoms with Crippen molar-refractivity contribution in [2.75, 3.05) is 30.8 Å². The highest BCUT2D eigenvalue weighted by Gasteiger charge is 2.29. The SMILES string of the molecule is CSCc1ccc(C(=O)N2CCN(c3ccc(C)cc3)C(=O)C2)o1. The topological polar surface area (TPSA) is 53.8 Å². The van der Waals surface area contributed by atoms with E-state index in [0.29, 0.717) is 18.8 Å². The Morgan fingerprint density at radius 3 is 2.58 bits per heavy atom. The number of hydrogen-bond acceptors (Lipinski definition) is 4. The van der Waals surface area contributed by atoms with Gasteiger partial charge in [0.1, 0.15) is 12.3 Å². The van der Waals surface area contributed by atoms with Crippen LogP contribution in [0.4, 0.5) is 5.69 Å². The van der Waals surface area contributed by atoms with Crippen LogP contribution in [0.3, 0.4) is 0 Å². The van der Waals surface area contributed by atoms with Crippen LogP contribution in [-0.2, 0) is 10.5 Å². The van der Waals surface area contributed by atoms with Crippen molar-refractivity contribution in [3.63, 3.8) is 0 Å². The molecule has 24 heavy (non-hydrogen) atoms. The number of benzene rings is 1. The van der Waals surface area contributed by atoms with Gasteiger partial charge in [-0.05, 0) is 37.4 Å². The molecule has 0 atom stereocenters. The van der Waals surface area contributed by atoms with Crippen LogP contribution in [0.25, 0.3) is 0 Å². The standard InChI is InChI=1S/C18H20N2O3S/c1-13-3-5-14(6-4-13)20-10-9-19(11-17(20)21)18(22)16-8-7-15(23-16)12-24-2/h3-8H,9-12H2,1-2H3. The summed E-state index contributed by atoms with van der Waals surface area (Å²) in [5.74, 6) is 1.51. The van der Waals surface area contributed by atoms with Gasteiger partial charge in [0.25, 0.3) is 5.91 Å². The first kappa shape index (κ1) is 16.6. The predicted molar refractivity (Wildman–Crippen MR) is 95.4 cm³/mol. The molecule has 0 N–H and O–H groups in total. The maximum atomic E-state index is 12.5. The summed E-state index contributed by atoms with van der Waals surface area (Å²) in [7, 11) is 0. The molecule has 2 amide bonds. The lowest BCUT2D eigenvalue weighted by molar-refractivity contribution is -0.120. The summed E-state index contributed by atoms with van der Waals surface area (Å²) < 4.78 is 5.56. The molecule has 2 heterocycles. The summed E-state index contributed by atoms with van der Waals surface area (Å²) in [6.07, 6.45) is 1.98. The monoisotopic (exact) mass is 344 g/mol. The van der Waals surface area contributed by atoms with Crippen LogP contribution in [0.15, 0.2) is 40.8 Å². The van der Waals surface area contributed by atoms with Crippen molar-refractivity contribution in [2.45, 2.75) is 12.7 Å². The molecule has 1 aromatic heterocycles. The van der Waals surface area contributed by atoms with E-state index in [-0.39, 0.29) is 18.4 Å². The van der Waals surface area contributed by atoms with E-state index in [0.717, 1.165) is 22.8 Å². The van der Waals surface area contributed by atoms with Crippen LogP contribution in [-0.4, -0.2) is 42.6 Å². The smallest absolute Gasteiger partial charge is 0.290 e. The third kappa shape index (κ3) is 3.48. The Hall–Kier alpha value is -2.21. The van der Waals surface area contributed by atoms with E-state index in [2.05, 4.69) is 0 Å². The molecule has 0 aliphatic carbocycles. The summed E-state index contributed by atoms with van der Waals surface area (Å²) in [6.45, 7) is 3.07. The number of carbonyl (C=O) groups excluding carboxylic acids is 2. The van der Waals surface area contributed by atoms with Crippen molar-refractivity contribution < 1.29 is 14.0 Å². The van der Waals surface area contributed by atoms with Crippen molar-refractivity contribution >= 4 is 29.3 Å². The van der Waals surface area contributed by atoms with Crippen molar-refractivity contribution in [3.05, 3.63) is 53.5 Å². The van der Waals surface area contributed by atoms with E-state index in [1.807, 2.05) is 43.5 Å². The van der Waals surface area contributed by atoms with Crippen LogP contribution < -0.4 is 4.90 Å². The fraction of sp³-hybridized carbons (Fsp3) is 0.333. The van der Waals surface area contributed by atoms with Crippen molar-refractivity contribution in [1.82, 2.24) is 4.90 Å². The van der Waals surface area contributed by atoms with Gasteiger partial charge in [0, 0.05) is 18.8 Å². The molecule has 2 aromatic rings. The number of hydrogen-bond donors (Lipinski definition) is 0. The number of nitrogens with zero attached hydrogens (tertiary/aromatic N) is 2. The first-order chi connectivity index (χ1) is 11.6. The number of aryl methyl sites for hydroxylation is 1. The van der Waals surface area contributed by atoms with Gasteiger partial charge in [-0.2, -0.15) is 11.8 Å². The average Bonchev–Trinajstić information content (AvgIpc) is 3.04. The highest BCUT2D eigenvalue weighted by molar-refractivity contribution is 7.97. The quantitative estimate of drug-likeness (QED) is 0.856. The highest BCUT2D eigenvalue weighted by Crippen LogP contribution is 2.20. The Morgan fingerprint density at radius 1 is 1.17 bits per heavy atom. The van der Waals surface area contributed by atoms with Gasteiger partial charge in [0.15, 0.2) is 5.76 Å². The zero-order chi connectivity index (χ0) is 17.1. The molecule has 1 aliphatic heterocycles. The van der Waals surface area contributed by atoms with E-state index >= 15 is 0 Å². The fourth-order valence-corrected chi connectivity index (χ4v) is 3.15. The average molecular weight is 344 g/mol. The Balaban J connectivity index is 1.67. The van der Waals surface area contributed by atoms with Crippen molar-refractivity contribution in [2.24, 2.45) is 0 Å². The summed E-state index contributed by atoms with van der Waals surface area (Å²) in [5.41, 5.74) is 2.02. The van der Waals surface area contributed by atoms with E-state index in [1.165, 1.54) is 0 Å². The number of furan rings is 1. The lowest BCUT2D eigenvalue weighted by atomic mass is 10.2. The number of anilines is 1. The minimum atomic E-state index is -0.223. The van der Waals surface area contributed by atoms with Gasteiger partial charge >= 0.3 is 0 Å². The molecule has 3 rings (SSSR count). The zero-order valence-electron chi connectivity index (χ0n) is 13.8. The molecule has 1 fully saturated rings. The highest BCUT2D eigenvalue weighted by atomic mass is 32.2. The van der Waals surface area contributed by atoms with Crippen molar-refractivity contribution in [3.8, 4) is 0 Å². The minimum absolute atomic E-state index is 0.0747. The number of thioether (sulfide) groups is 1. The molecule has 1 aromatic carbocycles. The van der Waals surface area contributed by atoms with Crippen LogP contribution in [0.1, 0.15) is 21.9 Å². The summed E-state index contributed by atoms with van der Waals surface area (Å²) >= 11 is 1.64. The van der Waals surface area contributed by atoms with Gasteiger partial charge < -0.3 is 14.2 Å². The first-order valence-electron chi connectivity index (χ1n) is 7.82. The molecule has 1 aliphatic rings. The number of piperazine rings is 1. The van der Waals surface area contributed by atoms with Crippen molar-refractivity contribution in [1.29, 1.82) is 0 Å². The van der Waals surface area contributed by atoms with Gasteiger partial charge in [-0.3, -0.25) is 9.59 Å². The Morgan fingerprint density at radius 2 is 1.92 bits per heavy atom. The van der Waals surface area contributed by atoms with Crippen LogP contribution >= 0.6 is 11.8 Å². The molecule has 0 saturated carbocycles. The molecule has 6 heteroatoms. The third-order valence-corrected chi connectivity index (χ3v) is 4.59. The second kappa shape index (κ2) is 7.13. The van der Waals surface area contributed by atoms with Crippen LogP contribution in [0, 0.1) is 6.92 Å². The molecule has 0 bridgehead atoms. The van der Waals surface area contributed by atoms with Gasteiger partial charge in [-0.25, -0.2) is 0 Å². The third-order valence-electron chi connectivity index (χ3n) is 4.01. The Bertz CT molecular complexity index is 739. The zero-order valence-corrected chi connectivity index (χ0v) is 14.6. The summed E-state index contributed by atoms with van der Waals surface area (Å²) in [6, 6.07) is 11.3. The normalized spacial score (nSPS) is 15.0. The Labute approximate surface area is 145 Å². The summed E-state index contributed by atoms with van der Waals surface area (Å²) in [5, 5.41) is 0. The lowest BCUT2D eigenvalue weighted by Gasteiger charge is -2.34.